The van der Waals surface area contributed by atoms with E-state index in [-0.39, 0.29) is 0 Å². The molecule has 0 saturated heterocycles. The van der Waals surface area contributed by atoms with Gasteiger partial charge in [-0.15, -0.1) is 5.53 Å². The molecule has 0 amide bonds. The molecule has 0 atom stereocenters. The molecule has 1 aromatic rings. The Morgan fingerprint density at radius 3 is 3.00 bits per heavy atom. The molecule has 0 spiro atoms. The van der Waals surface area contributed by atoms with Gasteiger partial charge in [0.25, 0.3) is 0 Å². The lowest BCUT2D eigenvalue weighted by Crippen LogP contribution is -2.44. The summed E-state index contributed by atoms with van der Waals surface area (Å²) in [6, 6.07) is 7.77. The summed E-state index contributed by atoms with van der Waals surface area (Å²) in [4.78, 5) is 0. The number of para-hydroxylation sites is 2. The quantitative estimate of drug-likeness (QED) is 0.478. The van der Waals surface area contributed by atoms with Gasteiger partial charge in [-0.1, -0.05) is 12.1 Å². The van der Waals surface area contributed by atoms with Gasteiger partial charge in [0, 0.05) is 0 Å². The molecule has 1 radical (unpaired) electrons. The number of hydrogen-bond acceptors (Lipinski definition) is 3. The average Bonchev–Trinajstić information content (AvgIpc) is 2.05. The van der Waals surface area contributed by atoms with Crippen LogP contribution in [-0.2, 0) is 0 Å². The van der Waals surface area contributed by atoms with E-state index < -0.39 is 0 Å². The molecule has 0 bridgehead atoms. The van der Waals surface area contributed by atoms with Crippen LogP contribution in [-0.4, -0.2) is 0 Å². The van der Waals surface area contributed by atoms with Crippen molar-refractivity contribution in [1.29, 1.82) is 0 Å². The maximum absolute atomic E-state index is 3.97. The number of rotatable bonds is 0. The van der Waals surface area contributed by atoms with Crippen LogP contribution in [0, 0.1) is 0 Å². The van der Waals surface area contributed by atoms with Crippen LogP contribution in [0.25, 0.3) is 0 Å². The monoisotopic (exact) mass is 135 g/mol. The number of nitrogens with zero attached hydrogens (tertiary/aromatic N) is 1. The van der Waals surface area contributed by atoms with Gasteiger partial charge in [-0.2, -0.15) is 11.0 Å². The largest absolute Gasteiger partial charge is 0.304 e. The van der Waals surface area contributed by atoms with Crippen LogP contribution >= 0.6 is 0 Å². The van der Waals surface area contributed by atoms with Crippen molar-refractivity contribution in [2.75, 3.05) is 5.43 Å². The van der Waals surface area contributed by atoms with Crippen molar-refractivity contribution < 1.29 is 0 Å². The average molecular weight is 135 g/mol. The highest BCUT2D eigenvalue weighted by molar-refractivity contribution is 5.64. The van der Waals surface area contributed by atoms with E-state index >= 15 is 0 Å². The Bertz CT molecular complexity index is 210. The molecule has 0 aromatic heterocycles. The van der Waals surface area contributed by atoms with Crippen LogP contribution in [0.5, 0.6) is 0 Å². The zero-order chi connectivity index (χ0) is 6.81. The van der Waals surface area contributed by atoms with Crippen molar-refractivity contribution >= 4 is 11.4 Å². The molecule has 1 aliphatic heterocycles. The van der Waals surface area contributed by atoms with E-state index in [4.69, 9.17) is 0 Å². The second-order valence-electron chi connectivity index (χ2n) is 1.99. The Kier molecular flexibility index (Phi) is 1.20. The van der Waals surface area contributed by atoms with E-state index in [0.717, 1.165) is 11.4 Å². The van der Waals surface area contributed by atoms with E-state index in [2.05, 4.69) is 21.9 Å². The molecule has 4 nitrogen and oxygen atoms in total. The standard InChI is InChI=1S/C6H7N4/c1-2-4-6-5(3-1)7-9-10-8-6/h1-4,7,9-10H. The third-order valence-electron chi connectivity index (χ3n) is 1.33. The molecule has 51 valence electrons. The van der Waals surface area contributed by atoms with Gasteiger partial charge >= 0.3 is 0 Å². The van der Waals surface area contributed by atoms with Crippen LogP contribution < -0.4 is 21.9 Å². The molecule has 0 saturated carbocycles. The van der Waals surface area contributed by atoms with Gasteiger partial charge in [-0.3, -0.25) is 0 Å². The fraction of sp³-hybridized carbons (Fsp3) is 0. The zero-order valence-electron chi connectivity index (χ0n) is 5.26. The van der Waals surface area contributed by atoms with Crippen LogP contribution in [0.15, 0.2) is 24.3 Å². The topological polar surface area (TPSA) is 50.2 Å². The Morgan fingerprint density at radius 2 is 2.10 bits per heavy atom. The Balaban J connectivity index is 2.41. The molecule has 1 aromatic carbocycles. The second-order valence-corrected chi connectivity index (χ2v) is 1.99. The summed E-state index contributed by atoms with van der Waals surface area (Å²) in [6.07, 6.45) is 0. The van der Waals surface area contributed by atoms with Gasteiger partial charge in [0.2, 0.25) is 0 Å². The minimum atomic E-state index is 0.918. The molecule has 3 N–H and O–H groups in total. The number of nitrogens with one attached hydrogen (secondary N) is 3. The Morgan fingerprint density at radius 1 is 1.20 bits per heavy atom. The fourth-order valence-electron chi connectivity index (χ4n) is 0.860. The Hall–Kier alpha value is -1.26. The molecule has 0 unspecified atom stereocenters. The summed E-state index contributed by atoms with van der Waals surface area (Å²) in [5, 5.41) is 0. The van der Waals surface area contributed by atoms with Gasteiger partial charge in [-0.25, -0.2) is 0 Å². The van der Waals surface area contributed by atoms with Crippen molar-refractivity contribution in [2.24, 2.45) is 0 Å². The molecule has 1 heterocycles. The van der Waals surface area contributed by atoms with E-state index in [1.807, 2.05) is 24.3 Å². The summed E-state index contributed by atoms with van der Waals surface area (Å²) < 4.78 is 0. The predicted octanol–water partition coefficient (Wildman–Crippen LogP) is 0.272. The van der Waals surface area contributed by atoms with E-state index in [0.29, 0.717) is 0 Å². The fourth-order valence-corrected chi connectivity index (χ4v) is 0.860. The molecular formula is C6H7N4. The van der Waals surface area contributed by atoms with Crippen molar-refractivity contribution in [3.05, 3.63) is 24.3 Å². The normalized spacial score (nSPS) is 14.8. The molecule has 0 fully saturated rings. The van der Waals surface area contributed by atoms with E-state index in [1.165, 1.54) is 0 Å². The summed E-state index contributed by atoms with van der Waals surface area (Å²) >= 11 is 0. The highest BCUT2D eigenvalue weighted by Gasteiger charge is 2.04. The number of fused-ring (bicyclic) bond motifs is 1. The van der Waals surface area contributed by atoms with Gasteiger partial charge in [0.05, 0.1) is 5.69 Å². The van der Waals surface area contributed by atoms with Gasteiger partial charge in [0.15, 0.2) is 0 Å². The highest BCUT2D eigenvalue weighted by Crippen LogP contribution is 2.19. The van der Waals surface area contributed by atoms with Crippen molar-refractivity contribution in [1.82, 2.24) is 16.5 Å². The summed E-state index contributed by atoms with van der Waals surface area (Å²) in [7, 11) is 0. The van der Waals surface area contributed by atoms with Crippen LogP contribution in [0.2, 0.25) is 0 Å². The third kappa shape index (κ3) is 0.792. The highest BCUT2D eigenvalue weighted by atomic mass is 15.7. The van der Waals surface area contributed by atoms with Crippen molar-refractivity contribution in [2.45, 2.75) is 0 Å². The second kappa shape index (κ2) is 2.17. The zero-order valence-corrected chi connectivity index (χ0v) is 5.26. The molecule has 4 heteroatoms. The first-order chi connectivity index (χ1) is 4.97. The molecule has 2 rings (SSSR count). The molecule has 0 aliphatic carbocycles. The smallest absolute Gasteiger partial charge is 0.103 e. The summed E-state index contributed by atoms with van der Waals surface area (Å²) in [5.74, 6) is 0. The van der Waals surface area contributed by atoms with Gasteiger partial charge < -0.3 is 5.43 Å². The van der Waals surface area contributed by atoms with Crippen molar-refractivity contribution in [3.63, 3.8) is 0 Å². The number of benzene rings is 1. The lowest BCUT2D eigenvalue weighted by molar-refractivity contribution is 0.515. The minimum Gasteiger partial charge on any atom is -0.304 e. The number of hydrogen-bond donors (Lipinski definition) is 3. The lowest BCUT2D eigenvalue weighted by atomic mass is 10.3. The van der Waals surface area contributed by atoms with Gasteiger partial charge in [-0.05, 0) is 12.1 Å². The summed E-state index contributed by atoms with van der Waals surface area (Å²) in [6.45, 7) is 0. The number of anilines is 1. The van der Waals surface area contributed by atoms with Crippen molar-refractivity contribution in [3.8, 4) is 0 Å². The Labute approximate surface area is 58.5 Å². The molecule has 1 aliphatic rings. The predicted molar refractivity (Wildman–Crippen MR) is 38.1 cm³/mol. The van der Waals surface area contributed by atoms with Crippen LogP contribution in [0.3, 0.4) is 0 Å². The maximum atomic E-state index is 3.97. The number of hydrazine groups is 2. The third-order valence-corrected chi connectivity index (χ3v) is 1.33. The lowest BCUT2D eigenvalue weighted by Gasteiger charge is -2.17. The maximum Gasteiger partial charge on any atom is 0.103 e. The van der Waals surface area contributed by atoms with Crippen LogP contribution in [0.1, 0.15) is 0 Å². The first-order valence-corrected chi connectivity index (χ1v) is 3.02. The molecule has 10 heavy (non-hydrogen) atoms. The minimum absolute atomic E-state index is 0.918. The van der Waals surface area contributed by atoms with Crippen LogP contribution in [0.4, 0.5) is 11.4 Å². The van der Waals surface area contributed by atoms with E-state index in [9.17, 15) is 0 Å². The SMILES string of the molecule is c1ccc2c(c1)[N]NNN2. The first-order valence-electron chi connectivity index (χ1n) is 3.02. The van der Waals surface area contributed by atoms with Gasteiger partial charge in [0.1, 0.15) is 5.69 Å². The molecular weight excluding hydrogens is 128 g/mol. The van der Waals surface area contributed by atoms with E-state index in [1.54, 1.807) is 0 Å². The first kappa shape index (κ1) is 5.52. The summed E-state index contributed by atoms with van der Waals surface area (Å²) in [5.41, 5.74) is 14.1.